The standard InChI is InChI=1S/C13H18N4O4S2/c1-4-17-9-13(10(2)15-17)23(20,21)16-11-5-7-12(8-6-11)22(18,19)14-3/h5-9,14,16H,4H2,1-3H3. The highest BCUT2D eigenvalue weighted by molar-refractivity contribution is 7.92. The molecule has 0 bridgehead atoms. The topological polar surface area (TPSA) is 110 Å². The van der Waals surface area contributed by atoms with Gasteiger partial charge in [0, 0.05) is 18.4 Å². The maximum absolute atomic E-state index is 12.4. The van der Waals surface area contributed by atoms with Crippen LogP contribution in [0, 0.1) is 6.92 Å². The van der Waals surface area contributed by atoms with Crippen LogP contribution in [-0.4, -0.2) is 33.7 Å². The minimum Gasteiger partial charge on any atom is -0.280 e. The van der Waals surface area contributed by atoms with E-state index >= 15 is 0 Å². The van der Waals surface area contributed by atoms with E-state index in [1.165, 1.54) is 42.2 Å². The van der Waals surface area contributed by atoms with Crippen LogP contribution in [0.3, 0.4) is 0 Å². The molecule has 10 heteroatoms. The fraction of sp³-hybridized carbons (Fsp3) is 0.308. The molecule has 0 unspecified atom stereocenters. The van der Waals surface area contributed by atoms with Crippen LogP contribution in [0.25, 0.3) is 0 Å². The van der Waals surface area contributed by atoms with E-state index in [0.717, 1.165) is 0 Å². The third-order valence-corrected chi connectivity index (χ3v) is 6.11. The Hall–Kier alpha value is -1.91. The van der Waals surface area contributed by atoms with E-state index in [1.54, 1.807) is 6.92 Å². The van der Waals surface area contributed by atoms with Gasteiger partial charge >= 0.3 is 0 Å². The van der Waals surface area contributed by atoms with Crippen molar-refractivity contribution in [1.82, 2.24) is 14.5 Å². The first-order valence-corrected chi connectivity index (χ1v) is 9.76. The molecule has 0 saturated carbocycles. The number of rotatable bonds is 6. The number of nitrogens with one attached hydrogen (secondary N) is 2. The van der Waals surface area contributed by atoms with Crippen molar-refractivity contribution in [3.8, 4) is 0 Å². The highest BCUT2D eigenvalue weighted by Gasteiger charge is 2.20. The zero-order valence-electron chi connectivity index (χ0n) is 12.9. The average molecular weight is 358 g/mol. The molecular formula is C13H18N4O4S2. The predicted octanol–water partition coefficient (Wildman–Crippen LogP) is 0.920. The van der Waals surface area contributed by atoms with E-state index in [1.807, 2.05) is 6.92 Å². The van der Waals surface area contributed by atoms with E-state index in [-0.39, 0.29) is 15.5 Å². The summed E-state index contributed by atoms with van der Waals surface area (Å²) in [5.74, 6) is 0. The molecule has 2 N–H and O–H groups in total. The van der Waals surface area contributed by atoms with E-state index < -0.39 is 20.0 Å². The Bertz CT molecular complexity index is 900. The highest BCUT2D eigenvalue weighted by Crippen LogP contribution is 2.20. The number of nitrogens with zero attached hydrogens (tertiary/aromatic N) is 2. The molecule has 1 aromatic heterocycles. The molecule has 1 heterocycles. The molecule has 0 saturated heterocycles. The molecule has 8 nitrogen and oxygen atoms in total. The van der Waals surface area contributed by atoms with Crippen LogP contribution in [0.2, 0.25) is 0 Å². The first-order chi connectivity index (χ1) is 10.7. The van der Waals surface area contributed by atoms with Gasteiger partial charge in [0.05, 0.1) is 10.6 Å². The van der Waals surface area contributed by atoms with Gasteiger partial charge < -0.3 is 0 Å². The second-order valence-electron chi connectivity index (χ2n) is 4.77. The van der Waals surface area contributed by atoms with Gasteiger partial charge in [0.25, 0.3) is 10.0 Å². The molecule has 0 aliphatic heterocycles. The fourth-order valence-electron chi connectivity index (χ4n) is 1.96. The second kappa shape index (κ2) is 6.30. The van der Waals surface area contributed by atoms with Gasteiger partial charge in [0.1, 0.15) is 4.90 Å². The summed E-state index contributed by atoms with van der Waals surface area (Å²) in [4.78, 5) is 0.143. The Morgan fingerprint density at radius 1 is 1.09 bits per heavy atom. The molecule has 2 aromatic rings. The number of aromatic nitrogens is 2. The van der Waals surface area contributed by atoms with Gasteiger partial charge in [-0.05, 0) is 45.2 Å². The van der Waals surface area contributed by atoms with Gasteiger partial charge in [0.2, 0.25) is 10.0 Å². The maximum Gasteiger partial charge on any atom is 0.265 e. The monoisotopic (exact) mass is 358 g/mol. The summed E-state index contributed by atoms with van der Waals surface area (Å²) in [7, 11) is -6.04. The zero-order valence-corrected chi connectivity index (χ0v) is 14.6. The van der Waals surface area contributed by atoms with Crippen molar-refractivity contribution >= 4 is 25.7 Å². The number of hydrogen-bond acceptors (Lipinski definition) is 5. The lowest BCUT2D eigenvalue weighted by Gasteiger charge is -2.08. The van der Waals surface area contributed by atoms with Gasteiger partial charge in [-0.2, -0.15) is 5.10 Å². The summed E-state index contributed by atoms with van der Waals surface area (Å²) in [6, 6.07) is 5.43. The van der Waals surface area contributed by atoms with Crippen molar-refractivity contribution < 1.29 is 16.8 Å². The summed E-state index contributed by atoms with van der Waals surface area (Å²) in [6.07, 6.45) is 1.46. The zero-order chi connectivity index (χ0) is 17.3. The van der Waals surface area contributed by atoms with E-state index in [0.29, 0.717) is 12.2 Å². The molecule has 0 atom stereocenters. The van der Waals surface area contributed by atoms with Gasteiger partial charge in [0.15, 0.2) is 0 Å². The molecule has 0 aliphatic rings. The van der Waals surface area contributed by atoms with E-state index in [9.17, 15) is 16.8 Å². The van der Waals surface area contributed by atoms with Crippen molar-refractivity contribution in [1.29, 1.82) is 0 Å². The molecule has 1 aromatic carbocycles. The molecule has 23 heavy (non-hydrogen) atoms. The minimum absolute atomic E-state index is 0.0536. The maximum atomic E-state index is 12.4. The molecule has 0 amide bonds. The third-order valence-electron chi connectivity index (χ3n) is 3.20. The molecule has 0 aliphatic carbocycles. The Morgan fingerprint density at radius 2 is 1.70 bits per heavy atom. The molecule has 0 fully saturated rings. The van der Waals surface area contributed by atoms with Crippen LogP contribution in [-0.2, 0) is 26.6 Å². The third kappa shape index (κ3) is 3.71. The van der Waals surface area contributed by atoms with Crippen LogP contribution in [0.1, 0.15) is 12.6 Å². The summed E-state index contributed by atoms with van der Waals surface area (Å²) >= 11 is 0. The molecular weight excluding hydrogens is 340 g/mol. The van der Waals surface area contributed by atoms with Gasteiger partial charge in [-0.3, -0.25) is 9.40 Å². The molecule has 2 rings (SSSR count). The summed E-state index contributed by atoms with van der Waals surface area (Å²) < 4.78 is 54.2. The average Bonchev–Trinajstić information content (AvgIpc) is 2.89. The minimum atomic E-state index is -3.79. The summed E-state index contributed by atoms with van der Waals surface area (Å²) in [5.41, 5.74) is 0.664. The van der Waals surface area contributed by atoms with Crippen LogP contribution in [0.5, 0.6) is 0 Å². The Balaban J connectivity index is 2.29. The highest BCUT2D eigenvalue weighted by atomic mass is 32.2. The van der Waals surface area contributed by atoms with Gasteiger partial charge in [-0.25, -0.2) is 21.6 Å². The number of hydrogen-bond donors (Lipinski definition) is 2. The van der Waals surface area contributed by atoms with Gasteiger partial charge in [-0.1, -0.05) is 0 Å². The molecule has 126 valence electrons. The number of aryl methyl sites for hydroxylation is 2. The Kier molecular flexibility index (Phi) is 4.78. The van der Waals surface area contributed by atoms with Crippen LogP contribution in [0.4, 0.5) is 5.69 Å². The first kappa shape index (κ1) is 17.4. The Labute approximate surface area is 135 Å². The largest absolute Gasteiger partial charge is 0.280 e. The lowest BCUT2D eigenvalue weighted by Crippen LogP contribution is -2.18. The van der Waals surface area contributed by atoms with Crippen molar-refractivity contribution in [2.75, 3.05) is 11.8 Å². The van der Waals surface area contributed by atoms with Crippen molar-refractivity contribution in [3.05, 3.63) is 36.2 Å². The quantitative estimate of drug-likeness (QED) is 0.798. The van der Waals surface area contributed by atoms with Crippen molar-refractivity contribution in [2.24, 2.45) is 0 Å². The Morgan fingerprint density at radius 3 is 2.17 bits per heavy atom. The fourth-order valence-corrected chi connectivity index (χ4v) is 3.93. The molecule has 0 spiro atoms. The molecule has 0 radical (unpaired) electrons. The van der Waals surface area contributed by atoms with Crippen LogP contribution >= 0.6 is 0 Å². The lowest BCUT2D eigenvalue weighted by molar-refractivity contribution is 0.588. The summed E-state index contributed by atoms with van der Waals surface area (Å²) in [6.45, 7) is 4.04. The smallest absolute Gasteiger partial charge is 0.265 e. The summed E-state index contributed by atoms with van der Waals surface area (Å²) in [5, 5.41) is 4.10. The van der Waals surface area contributed by atoms with Gasteiger partial charge in [-0.15, -0.1) is 0 Å². The normalized spacial score (nSPS) is 12.3. The first-order valence-electron chi connectivity index (χ1n) is 6.80. The number of sulfonamides is 2. The second-order valence-corrected chi connectivity index (χ2v) is 8.31. The van der Waals surface area contributed by atoms with Crippen molar-refractivity contribution in [2.45, 2.75) is 30.2 Å². The van der Waals surface area contributed by atoms with E-state index in [4.69, 9.17) is 0 Å². The number of benzene rings is 1. The van der Waals surface area contributed by atoms with Crippen LogP contribution < -0.4 is 9.44 Å². The number of anilines is 1. The lowest BCUT2D eigenvalue weighted by atomic mass is 10.3. The SMILES string of the molecule is CCn1cc(S(=O)(=O)Nc2ccc(S(=O)(=O)NC)cc2)c(C)n1. The van der Waals surface area contributed by atoms with Crippen LogP contribution in [0.15, 0.2) is 40.3 Å². The predicted molar refractivity (Wildman–Crippen MR) is 86.1 cm³/mol. The van der Waals surface area contributed by atoms with E-state index in [2.05, 4.69) is 14.5 Å². The van der Waals surface area contributed by atoms with Crippen molar-refractivity contribution in [3.63, 3.8) is 0 Å².